The molecular formula is C25H17BrCl3NO3S2. The minimum Gasteiger partial charge on any atom is -0.490 e. The molecule has 0 aliphatic carbocycles. The number of rotatable bonds is 7. The van der Waals surface area contributed by atoms with Crippen molar-refractivity contribution in [2.24, 2.45) is 0 Å². The summed E-state index contributed by atoms with van der Waals surface area (Å²) in [4.78, 5) is 15.1. The third-order valence-electron chi connectivity index (χ3n) is 4.88. The first kappa shape index (κ1) is 26.3. The van der Waals surface area contributed by atoms with Crippen molar-refractivity contribution in [1.82, 2.24) is 0 Å². The lowest BCUT2D eigenvalue weighted by molar-refractivity contribution is -0.113. The van der Waals surface area contributed by atoms with E-state index in [1.54, 1.807) is 42.5 Å². The van der Waals surface area contributed by atoms with Gasteiger partial charge < -0.3 is 9.47 Å². The first-order valence-corrected chi connectivity index (χ1v) is 13.5. The van der Waals surface area contributed by atoms with Crippen LogP contribution >= 0.6 is 74.7 Å². The van der Waals surface area contributed by atoms with E-state index in [1.165, 1.54) is 16.7 Å². The van der Waals surface area contributed by atoms with Gasteiger partial charge in [-0.15, -0.1) is 0 Å². The van der Waals surface area contributed by atoms with Crippen LogP contribution in [0.2, 0.25) is 15.1 Å². The van der Waals surface area contributed by atoms with Crippen LogP contribution in [-0.4, -0.2) is 16.8 Å². The fourth-order valence-corrected chi connectivity index (χ4v) is 5.61. The number of carbonyl (C=O) groups excluding carboxylic acids is 1. The highest BCUT2D eigenvalue weighted by atomic mass is 79.9. The van der Waals surface area contributed by atoms with E-state index in [9.17, 15) is 4.79 Å². The quantitative estimate of drug-likeness (QED) is 0.193. The van der Waals surface area contributed by atoms with Crippen LogP contribution in [0, 0.1) is 0 Å². The number of nitrogens with zero attached hydrogens (tertiary/aromatic N) is 1. The summed E-state index contributed by atoms with van der Waals surface area (Å²) < 4.78 is 13.0. The molecule has 0 spiro atoms. The molecule has 4 rings (SSSR count). The molecule has 10 heteroatoms. The van der Waals surface area contributed by atoms with E-state index < -0.39 is 0 Å². The average Bonchev–Trinajstić information content (AvgIpc) is 3.09. The minimum atomic E-state index is -0.198. The van der Waals surface area contributed by atoms with Crippen molar-refractivity contribution < 1.29 is 14.3 Å². The van der Waals surface area contributed by atoms with Gasteiger partial charge in [-0.25, -0.2) is 0 Å². The van der Waals surface area contributed by atoms with Crippen LogP contribution in [0.4, 0.5) is 5.69 Å². The summed E-state index contributed by atoms with van der Waals surface area (Å²) in [5.41, 5.74) is 2.30. The third kappa shape index (κ3) is 6.16. The number of anilines is 1. The van der Waals surface area contributed by atoms with Gasteiger partial charge >= 0.3 is 0 Å². The first-order chi connectivity index (χ1) is 16.8. The van der Waals surface area contributed by atoms with Crippen LogP contribution < -0.4 is 14.4 Å². The zero-order valence-corrected chi connectivity index (χ0v) is 23.7. The van der Waals surface area contributed by atoms with Crippen molar-refractivity contribution in [3.63, 3.8) is 0 Å². The standard InChI is InChI=1S/C25H17BrCl3NO3S2/c1-2-32-21-11-15(9-18(26)23(21)33-13-14-3-8-19(28)20(29)10-14)12-22-24(31)30(25(34)35-22)17-6-4-16(27)5-7-17/h3-12H,2,13H2,1H3/b22-12-. The monoisotopic (exact) mass is 627 g/mol. The molecule has 35 heavy (non-hydrogen) atoms. The Hall–Kier alpha value is -1.74. The normalized spacial score (nSPS) is 14.7. The van der Waals surface area contributed by atoms with Gasteiger partial charge in [0.2, 0.25) is 0 Å². The number of benzene rings is 3. The Labute approximate surface area is 236 Å². The summed E-state index contributed by atoms with van der Waals surface area (Å²) in [6, 6.07) is 16.0. The van der Waals surface area contributed by atoms with E-state index in [1.807, 2.05) is 25.1 Å². The molecule has 1 heterocycles. The number of thioether (sulfide) groups is 1. The summed E-state index contributed by atoms with van der Waals surface area (Å²) in [7, 11) is 0. The molecule has 180 valence electrons. The molecule has 3 aromatic rings. The maximum atomic E-state index is 13.1. The second-order valence-corrected chi connectivity index (χ2v) is 11.1. The van der Waals surface area contributed by atoms with Crippen molar-refractivity contribution in [1.29, 1.82) is 0 Å². The van der Waals surface area contributed by atoms with Gasteiger partial charge in [0.1, 0.15) is 6.61 Å². The Balaban J connectivity index is 1.59. The molecule has 0 N–H and O–H groups in total. The molecule has 1 amide bonds. The molecule has 1 fully saturated rings. The Morgan fingerprint density at radius 2 is 1.77 bits per heavy atom. The van der Waals surface area contributed by atoms with Gasteiger partial charge in [-0.2, -0.15) is 0 Å². The Kier molecular flexibility index (Phi) is 8.68. The Morgan fingerprint density at radius 3 is 2.46 bits per heavy atom. The number of ether oxygens (including phenoxy) is 2. The smallest absolute Gasteiger partial charge is 0.270 e. The number of carbonyl (C=O) groups is 1. The molecule has 0 radical (unpaired) electrons. The Bertz CT molecular complexity index is 1330. The number of hydrogen-bond acceptors (Lipinski definition) is 5. The topological polar surface area (TPSA) is 38.8 Å². The van der Waals surface area contributed by atoms with Crippen molar-refractivity contribution in [3.8, 4) is 11.5 Å². The molecule has 0 atom stereocenters. The molecule has 0 unspecified atom stereocenters. The SMILES string of the molecule is CCOc1cc(/C=C2\SC(=S)N(c3ccc(Cl)cc3)C2=O)cc(Br)c1OCc1ccc(Cl)c(Cl)c1. The molecule has 0 aromatic heterocycles. The summed E-state index contributed by atoms with van der Waals surface area (Å²) >= 11 is 28.4. The van der Waals surface area contributed by atoms with Crippen LogP contribution in [0.25, 0.3) is 6.08 Å². The van der Waals surface area contributed by atoms with Crippen molar-refractivity contribution in [2.75, 3.05) is 11.5 Å². The van der Waals surface area contributed by atoms with E-state index in [0.717, 1.165) is 11.1 Å². The number of thiocarbonyl (C=S) groups is 1. The van der Waals surface area contributed by atoms with E-state index in [-0.39, 0.29) is 12.5 Å². The largest absolute Gasteiger partial charge is 0.490 e. The predicted molar refractivity (Wildman–Crippen MR) is 153 cm³/mol. The fraction of sp³-hybridized carbons (Fsp3) is 0.120. The summed E-state index contributed by atoms with van der Waals surface area (Å²) in [6.07, 6.45) is 1.78. The maximum absolute atomic E-state index is 13.1. The lowest BCUT2D eigenvalue weighted by Gasteiger charge is -2.15. The van der Waals surface area contributed by atoms with Gasteiger partial charge in [-0.1, -0.05) is 64.8 Å². The number of hydrogen-bond donors (Lipinski definition) is 0. The molecule has 0 saturated carbocycles. The van der Waals surface area contributed by atoms with Gasteiger partial charge in [0.25, 0.3) is 5.91 Å². The molecule has 1 aliphatic heterocycles. The third-order valence-corrected chi connectivity index (χ3v) is 7.76. The average molecular weight is 630 g/mol. The summed E-state index contributed by atoms with van der Waals surface area (Å²) in [5.74, 6) is 0.890. The Morgan fingerprint density at radius 1 is 1.03 bits per heavy atom. The molecule has 1 aliphatic rings. The highest BCUT2D eigenvalue weighted by molar-refractivity contribution is 9.10. The van der Waals surface area contributed by atoms with Gasteiger partial charge in [0.15, 0.2) is 15.8 Å². The number of amides is 1. The summed E-state index contributed by atoms with van der Waals surface area (Å²) in [5, 5.41) is 1.53. The van der Waals surface area contributed by atoms with E-state index >= 15 is 0 Å². The van der Waals surface area contributed by atoms with Crippen LogP contribution in [0.15, 0.2) is 64.0 Å². The van der Waals surface area contributed by atoms with Crippen LogP contribution in [0.5, 0.6) is 11.5 Å². The lowest BCUT2D eigenvalue weighted by atomic mass is 10.1. The molecular weight excluding hydrogens is 613 g/mol. The molecule has 4 nitrogen and oxygen atoms in total. The highest BCUT2D eigenvalue weighted by Crippen LogP contribution is 2.41. The van der Waals surface area contributed by atoms with Crippen molar-refractivity contribution >= 4 is 96.7 Å². The van der Waals surface area contributed by atoms with Crippen LogP contribution in [-0.2, 0) is 11.4 Å². The van der Waals surface area contributed by atoms with Gasteiger partial charge in [0, 0.05) is 5.02 Å². The van der Waals surface area contributed by atoms with Crippen LogP contribution in [0.1, 0.15) is 18.1 Å². The predicted octanol–water partition coefficient (Wildman–Crippen LogP) is 8.79. The minimum absolute atomic E-state index is 0.198. The van der Waals surface area contributed by atoms with E-state index in [2.05, 4.69) is 15.9 Å². The second-order valence-electron chi connectivity index (χ2n) is 7.29. The van der Waals surface area contributed by atoms with Crippen molar-refractivity contribution in [2.45, 2.75) is 13.5 Å². The highest BCUT2D eigenvalue weighted by Gasteiger charge is 2.33. The van der Waals surface area contributed by atoms with E-state index in [4.69, 9.17) is 56.5 Å². The zero-order chi connectivity index (χ0) is 25.1. The molecule has 3 aromatic carbocycles. The van der Waals surface area contributed by atoms with E-state index in [0.29, 0.717) is 52.6 Å². The van der Waals surface area contributed by atoms with Crippen molar-refractivity contribution in [3.05, 3.63) is 90.2 Å². The lowest BCUT2D eigenvalue weighted by Crippen LogP contribution is -2.27. The maximum Gasteiger partial charge on any atom is 0.270 e. The first-order valence-electron chi connectivity index (χ1n) is 10.3. The van der Waals surface area contributed by atoms with Crippen LogP contribution in [0.3, 0.4) is 0 Å². The van der Waals surface area contributed by atoms with Gasteiger partial charge in [-0.05, 0) is 88.6 Å². The summed E-state index contributed by atoms with van der Waals surface area (Å²) in [6.45, 7) is 2.60. The zero-order valence-electron chi connectivity index (χ0n) is 18.2. The molecule has 1 saturated heterocycles. The number of halogens is 4. The van der Waals surface area contributed by atoms with Gasteiger partial charge in [0.05, 0.1) is 31.7 Å². The second kappa shape index (κ2) is 11.5. The van der Waals surface area contributed by atoms with Gasteiger partial charge in [-0.3, -0.25) is 9.69 Å². The fourth-order valence-electron chi connectivity index (χ4n) is 3.29. The molecule has 0 bridgehead atoms.